The van der Waals surface area contributed by atoms with Gasteiger partial charge in [0.15, 0.2) is 5.52 Å². The summed E-state index contributed by atoms with van der Waals surface area (Å²) in [5.74, 6) is -2.04. The maximum atomic E-state index is 13.1. The third-order valence-corrected chi connectivity index (χ3v) is 4.53. The Kier molecular flexibility index (Phi) is 5.01. The van der Waals surface area contributed by atoms with Crippen molar-refractivity contribution in [1.82, 2.24) is 19.7 Å². The second kappa shape index (κ2) is 8.89. The Morgan fingerprint density at radius 3 is 2.69 bits per heavy atom. The SMILES string of the molecule is [2H]C([2H])([2H])N(C(=O)OC(C)(C)C)c1cc(Nc2cccn(-c3ccccn3)c2=O)nc2c(C(=O)O)onc12. The lowest BCUT2D eigenvalue weighted by atomic mass is 10.2. The number of nitrogens with one attached hydrogen (secondary N) is 1. The van der Waals surface area contributed by atoms with Gasteiger partial charge >= 0.3 is 12.1 Å². The molecule has 4 heterocycles. The first kappa shape index (κ1) is 19.7. The molecule has 35 heavy (non-hydrogen) atoms. The van der Waals surface area contributed by atoms with Crippen molar-refractivity contribution in [1.29, 1.82) is 0 Å². The highest BCUT2D eigenvalue weighted by molar-refractivity contribution is 6.05. The fourth-order valence-corrected chi connectivity index (χ4v) is 3.09. The highest BCUT2D eigenvalue weighted by Crippen LogP contribution is 2.31. The number of carbonyl (C=O) groups is 2. The van der Waals surface area contributed by atoms with Crippen LogP contribution in [0.1, 0.15) is 35.4 Å². The number of aromatic nitrogens is 4. The zero-order valence-corrected chi connectivity index (χ0v) is 18.8. The number of ether oxygens (including phenoxy) is 1. The van der Waals surface area contributed by atoms with E-state index in [-0.39, 0.29) is 28.2 Å². The second-order valence-electron chi connectivity index (χ2n) is 8.27. The fraction of sp³-hybridized carbons (Fsp3) is 0.217. The normalized spacial score (nSPS) is 12.9. The lowest BCUT2D eigenvalue weighted by Gasteiger charge is -2.25. The van der Waals surface area contributed by atoms with E-state index in [0.717, 1.165) is 6.07 Å². The number of rotatable bonds is 5. The predicted octanol–water partition coefficient (Wildman–Crippen LogP) is 3.58. The number of hydrogen-bond donors (Lipinski definition) is 2. The topological polar surface area (TPSA) is 153 Å². The van der Waals surface area contributed by atoms with Gasteiger partial charge in [-0.05, 0) is 45.0 Å². The first-order valence-corrected chi connectivity index (χ1v) is 10.2. The van der Waals surface area contributed by atoms with E-state index in [1.807, 2.05) is 0 Å². The van der Waals surface area contributed by atoms with Gasteiger partial charge in [-0.25, -0.2) is 19.6 Å². The average Bonchev–Trinajstić information content (AvgIpc) is 3.23. The summed E-state index contributed by atoms with van der Waals surface area (Å²) < 4.78 is 35.3. The minimum Gasteiger partial charge on any atom is -0.475 e. The molecule has 0 saturated heterocycles. The van der Waals surface area contributed by atoms with Crippen molar-refractivity contribution in [2.75, 3.05) is 17.2 Å². The molecule has 0 spiro atoms. The maximum Gasteiger partial charge on any atom is 0.414 e. The Balaban J connectivity index is 1.89. The maximum absolute atomic E-state index is 13.1. The molecule has 12 heteroatoms. The molecule has 4 rings (SSSR count). The molecule has 0 aromatic carbocycles. The summed E-state index contributed by atoms with van der Waals surface area (Å²) in [5.41, 5.74) is -2.61. The van der Waals surface area contributed by atoms with Crippen molar-refractivity contribution in [3.8, 4) is 5.82 Å². The molecule has 0 saturated carbocycles. The summed E-state index contributed by atoms with van der Waals surface area (Å²) in [4.78, 5) is 46.5. The van der Waals surface area contributed by atoms with Crippen molar-refractivity contribution in [2.45, 2.75) is 26.4 Å². The van der Waals surface area contributed by atoms with E-state index in [0.29, 0.717) is 10.7 Å². The van der Waals surface area contributed by atoms with E-state index < -0.39 is 36.0 Å². The molecular formula is C23H22N6O6. The Morgan fingerprint density at radius 2 is 2.03 bits per heavy atom. The average molecular weight is 481 g/mol. The number of aromatic carboxylic acids is 1. The number of fused-ring (bicyclic) bond motifs is 1. The molecule has 4 aromatic heterocycles. The van der Waals surface area contributed by atoms with Crippen LogP contribution >= 0.6 is 0 Å². The smallest absolute Gasteiger partial charge is 0.414 e. The van der Waals surface area contributed by atoms with Gasteiger partial charge < -0.3 is 19.7 Å². The minimum atomic E-state index is -3.07. The van der Waals surface area contributed by atoms with Crippen molar-refractivity contribution in [3.63, 3.8) is 0 Å². The van der Waals surface area contributed by atoms with E-state index in [9.17, 15) is 19.5 Å². The third-order valence-electron chi connectivity index (χ3n) is 4.53. The number of nitrogens with zero attached hydrogens (tertiary/aromatic N) is 5. The predicted molar refractivity (Wildman–Crippen MR) is 127 cm³/mol. The Hall–Kier alpha value is -4.74. The summed E-state index contributed by atoms with van der Waals surface area (Å²) in [7, 11) is 0. The standard InChI is InChI=1S/C23H22N6O6/c1-23(2,3)34-22(33)28(4)14-12-15(26-18-17(14)27-35-19(18)21(31)32)25-13-8-7-11-29(20(13)30)16-9-5-6-10-24-16/h5-12H,1-4H3,(H,25,26)(H,31,32)/i4D3. The fourth-order valence-electron chi connectivity index (χ4n) is 3.09. The van der Waals surface area contributed by atoms with Crippen molar-refractivity contribution >= 4 is 40.3 Å². The third kappa shape index (κ3) is 4.81. The summed E-state index contributed by atoms with van der Waals surface area (Å²) in [6.07, 6.45) is 1.77. The van der Waals surface area contributed by atoms with Gasteiger partial charge in [-0.3, -0.25) is 14.3 Å². The van der Waals surface area contributed by atoms with Crippen LogP contribution in [0.5, 0.6) is 0 Å². The van der Waals surface area contributed by atoms with Crippen molar-refractivity contribution in [3.05, 3.63) is 64.9 Å². The largest absolute Gasteiger partial charge is 0.475 e. The Morgan fingerprint density at radius 1 is 1.23 bits per heavy atom. The van der Waals surface area contributed by atoms with Crippen LogP contribution in [0, 0.1) is 0 Å². The van der Waals surface area contributed by atoms with Crippen LogP contribution in [0.4, 0.5) is 22.0 Å². The van der Waals surface area contributed by atoms with Gasteiger partial charge in [0.2, 0.25) is 0 Å². The Bertz CT molecular complexity index is 1580. The molecule has 0 fully saturated rings. The van der Waals surface area contributed by atoms with Gasteiger partial charge in [0.05, 0.1) is 5.69 Å². The van der Waals surface area contributed by atoms with Crippen LogP contribution in [0.25, 0.3) is 16.9 Å². The highest BCUT2D eigenvalue weighted by Gasteiger charge is 2.27. The molecule has 180 valence electrons. The molecule has 0 aliphatic heterocycles. The lowest BCUT2D eigenvalue weighted by molar-refractivity contribution is 0.0588. The lowest BCUT2D eigenvalue weighted by Crippen LogP contribution is -2.34. The number of carboxylic acid groups (broad SMARTS) is 1. The van der Waals surface area contributed by atoms with Gasteiger partial charge in [0.1, 0.15) is 28.4 Å². The second-order valence-corrected chi connectivity index (χ2v) is 8.27. The number of pyridine rings is 3. The number of anilines is 3. The zero-order valence-electron chi connectivity index (χ0n) is 21.8. The molecule has 4 aromatic rings. The van der Waals surface area contributed by atoms with Crippen LogP contribution in [-0.4, -0.2) is 49.4 Å². The summed E-state index contributed by atoms with van der Waals surface area (Å²) in [5, 5.41) is 16.0. The van der Waals surface area contributed by atoms with E-state index in [2.05, 4.69) is 20.4 Å². The molecule has 12 nitrogen and oxygen atoms in total. The molecule has 0 bridgehead atoms. The molecule has 0 radical (unpaired) electrons. The quantitative estimate of drug-likeness (QED) is 0.432. The molecule has 0 aliphatic rings. The summed E-state index contributed by atoms with van der Waals surface area (Å²) >= 11 is 0. The van der Waals surface area contributed by atoms with Gasteiger partial charge in [-0.15, -0.1) is 0 Å². The summed E-state index contributed by atoms with van der Waals surface area (Å²) in [6, 6.07) is 9.15. The van der Waals surface area contributed by atoms with Crippen LogP contribution in [0.2, 0.25) is 0 Å². The van der Waals surface area contributed by atoms with Crippen LogP contribution < -0.4 is 15.8 Å². The van der Waals surface area contributed by atoms with Gasteiger partial charge in [-0.1, -0.05) is 11.2 Å². The van der Waals surface area contributed by atoms with Crippen LogP contribution in [0.15, 0.2) is 58.1 Å². The molecule has 0 unspecified atom stereocenters. The monoisotopic (exact) mass is 481 g/mol. The first-order chi connectivity index (χ1) is 17.8. The summed E-state index contributed by atoms with van der Waals surface area (Å²) in [6.45, 7) is 1.59. The van der Waals surface area contributed by atoms with Crippen LogP contribution in [-0.2, 0) is 4.74 Å². The number of carbonyl (C=O) groups excluding carboxylic acids is 1. The molecular weight excluding hydrogens is 456 g/mol. The van der Waals surface area contributed by atoms with Crippen molar-refractivity contribution < 1.29 is 28.1 Å². The minimum absolute atomic E-state index is 0.00184. The van der Waals surface area contributed by atoms with E-state index >= 15 is 0 Å². The van der Waals surface area contributed by atoms with E-state index in [1.165, 1.54) is 23.0 Å². The van der Waals surface area contributed by atoms with Gasteiger partial charge in [0, 0.05) is 29.5 Å². The van der Waals surface area contributed by atoms with Gasteiger partial charge in [-0.2, -0.15) is 0 Å². The van der Waals surface area contributed by atoms with Gasteiger partial charge in [0.25, 0.3) is 11.3 Å². The van der Waals surface area contributed by atoms with Crippen molar-refractivity contribution in [2.24, 2.45) is 0 Å². The number of amides is 1. The molecule has 1 amide bonds. The molecule has 0 atom stereocenters. The van der Waals surface area contributed by atoms with Crippen LogP contribution in [0.3, 0.4) is 0 Å². The first-order valence-electron chi connectivity index (χ1n) is 11.7. The molecule has 2 N–H and O–H groups in total. The Labute approximate surface area is 203 Å². The highest BCUT2D eigenvalue weighted by atomic mass is 16.6. The number of carboxylic acids is 1. The van der Waals surface area contributed by atoms with E-state index in [4.69, 9.17) is 13.4 Å². The zero-order chi connectivity index (χ0) is 27.8. The number of hydrogen-bond acceptors (Lipinski definition) is 9. The van der Waals surface area contributed by atoms with E-state index in [1.54, 1.807) is 45.0 Å². The molecule has 0 aliphatic carbocycles.